The van der Waals surface area contributed by atoms with E-state index in [1.165, 1.54) is 10.8 Å². The molecule has 0 unspecified atom stereocenters. The molecule has 0 bridgehead atoms. The Hall–Kier alpha value is -3.05. The summed E-state index contributed by atoms with van der Waals surface area (Å²) in [5.41, 5.74) is 6.58. The highest BCUT2D eigenvalue weighted by Gasteiger charge is 2.14. The number of para-hydroxylation sites is 1. The van der Waals surface area contributed by atoms with Crippen LogP contribution in [0.4, 0.5) is 11.4 Å². The molecule has 0 aliphatic rings. The highest BCUT2D eigenvalue weighted by molar-refractivity contribution is 6.32. The van der Waals surface area contributed by atoms with Gasteiger partial charge in [0.05, 0.1) is 16.4 Å². The molecule has 3 N–H and O–H groups in total. The minimum absolute atomic E-state index is 0.0197. The molecular formula is C18H14ClN3O2. The Labute approximate surface area is 143 Å². The molecule has 0 spiro atoms. The van der Waals surface area contributed by atoms with Crippen LogP contribution in [0, 0.1) is 0 Å². The van der Waals surface area contributed by atoms with Crippen LogP contribution in [0.1, 0.15) is 10.4 Å². The van der Waals surface area contributed by atoms with Crippen LogP contribution in [0.25, 0.3) is 5.69 Å². The van der Waals surface area contributed by atoms with Gasteiger partial charge in [0, 0.05) is 11.8 Å². The average Bonchev–Trinajstić information content (AvgIpc) is 2.60. The number of nitrogens with zero attached hydrogens (tertiary/aromatic N) is 1. The smallest absolute Gasteiger partial charge is 0.281 e. The minimum atomic E-state index is -0.451. The Balaban J connectivity index is 2.03. The maximum Gasteiger partial charge on any atom is 0.281 e. The number of rotatable bonds is 3. The van der Waals surface area contributed by atoms with Gasteiger partial charge in [-0.25, -0.2) is 0 Å². The fraction of sp³-hybridized carbons (Fsp3) is 0. The van der Waals surface area contributed by atoms with Gasteiger partial charge in [0.2, 0.25) is 0 Å². The lowest BCUT2D eigenvalue weighted by Gasteiger charge is -2.12. The number of pyridine rings is 1. The molecule has 0 aliphatic heterocycles. The maximum absolute atomic E-state index is 12.7. The van der Waals surface area contributed by atoms with Crippen molar-refractivity contribution in [2.45, 2.75) is 0 Å². The first-order valence-electron chi connectivity index (χ1n) is 7.20. The summed E-state index contributed by atoms with van der Waals surface area (Å²) in [6.45, 7) is 0. The predicted molar refractivity (Wildman–Crippen MR) is 95.9 cm³/mol. The van der Waals surface area contributed by atoms with Crippen LogP contribution in [0.3, 0.4) is 0 Å². The van der Waals surface area contributed by atoms with Gasteiger partial charge in [0.15, 0.2) is 0 Å². The number of carbonyl (C=O) groups is 1. The lowest BCUT2D eigenvalue weighted by molar-refractivity contribution is 0.102. The average molecular weight is 340 g/mol. The Morgan fingerprint density at radius 3 is 2.38 bits per heavy atom. The van der Waals surface area contributed by atoms with E-state index >= 15 is 0 Å². The summed E-state index contributed by atoms with van der Waals surface area (Å²) in [6, 6.07) is 17.1. The van der Waals surface area contributed by atoms with Crippen molar-refractivity contribution in [1.29, 1.82) is 0 Å². The number of nitrogens with two attached hydrogens (primary N) is 1. The summed E-state index contributed by atoms with van der Waals surface area (Å²) in [6.07, 6.45) is 1.52. The van der Waals surface area contributed by atoms with Crippen molar-refractivity contribution < 1.29 is 4.79 Å². The maximum atomic E-state index is 12.7. The van der Waals surface area contributed by atoms with E-state index in [0.29, 0.717) is 16.3 Å². The first-order chi connectivity index (χ1) is 11.6. The third-order valence-electron chi connectivity index (χ3n) is 3.51. The van der Waals surface area contributed by atoms with Crippen molar-refractivity contribution >= 4 is 28.9 Å². The summed E-state index contributed by atoms with van der Waals surface area (Å²) < 4.78 is 1.35. The zero-order valence-corrected chi connectivity index (χ0v) is 13.3. The molecule has 0 radical (unpaired) electrons. The normalized spacial score (nSPS) is 10.4. The van der Waals surface area contributed by atoms with Crippen LogP contribution in [0.5, 0.6) is 0 Å². The second-order valence-electron chi connectivity index (χ2n) is 5.09. The number of halogens is 1. The zero-order chi connectivity index (χ0) is 17.1. The molecule has 2 aromatic carbocycles. The van der Waals surface area contributed by atoms with Crippen molar-refractivity contribution in [3.8, 4) is 5.69 Å². The highest BCUT2D eigenvalue weighted by Crippen LogP contribution is 2.21. The van der Waals surface area contributed by atoms with E-state index in [-0.39, 0.29) is 11.4 Å². The van der Waals surface area contributed by atoms with Gasteiger partial charge in [0.25, 0.3) is 11.5 Å². The number of nitrogens with one attached hydrogen (secondary N) is 1. The van der Waals surface area contributed by atoms with Crippen molar-refractivity contribution in [3.63, 3.8) is 0 Å². The molecule has 1 aromatic heterocycles. The predicted octanol–water partition coefficient (Wildman–Crippen LogP) is 3.33. The fourth-order valence-corrected chi connectivity index (χ4v) is 2.51. The summed E-state index contributed by atoms with van der Waals surface area (Å²) >= 11 is 6.15. The first kappa shape index (κ1) is 15.8. The van der Waals surface area contributed by atoms with Crippen molar-refractivity contribution in [2.24, 2.45) is 0 Å². The highest BCUT2D eigenvalue weighted by atomic mass is 35.5. The number of anilines is 2. The molecule has 3 rings (SSSR count). The molecular weight excluding hydrogens is 326 g/mol. The second kappa shape index (κ2) is 6.60. The Bertz CT molecular complexity index is 952. The van der Waals surface area contributed by atoms with Crippen LogP contribution in [-0.2, 0) is 0 Å². The molecule has 0 aliphatic carbocycles. The lowest BCUT2D eigenvalue weighted by atomic mass is 10.2. The monoisotopic (exact) mass is 339 g/mol. The molecule has 0 atom stereocenters. The van der Waals surface area contributed by atoms with E-state index in [4.69, 9.17) is 17.3 Å². The number of aromatic nitrogens is 1. The molecule has 3 aromatic rings. The summed E-state index contributed by atoms with van der Waals surface area (Å²) in [5.74, 6) is -0.406. The minimum Gasteiger partial charge on any atom is -0.397 e. The van der Waals surface area contributed by atoms with Crippen LogP contribution in [0.2, 0.25) is 5.02 Å². The summed E-state index contributed by atoms with van der Waals surface area (Å²) in [4.78, 5) is 25.0. The molecule has 0 saturated carbocycles. The second-order valence-corrected chi connectivity index (χ2v) is 5.50. The van der Waals surface area contributed by atoms with Crippen LogP contribution in [0.15, 0.2) is 71.7 Å². The van der Waals surface area contributed by atoms with Crippen LogP contribution >= 0.6 is 11.6 Å². The number of benzene rings is 2. The van der Waals surface area contributed by atoms with Crippen molar-refractivity contribution in [1.82, 2.24) is 4.57 Å². The molecule has 0 fully saturated rings. The molecule has 0 saturated heterocycles. The van der Waals surface area contributed by atoms with Gasteiger partial charge in [0.1, 0.15) is 5.69 Å². The van der Waals surface area contributed by atoms with Gasteiger partial charge in [-0.1, -0.05) is 41.9 Å². The number of nitrogen functional groups attached to an aromatic ring is 1. The SMILES string of the molecule is Nc1ccn(-c2ccccc2Cl)c(=O)c1NC(=O)c1ccccc1. The van der Waals surface area contributed by atoms with Gasteiger partial charge in [-0.2, -0.15) is 0 Å². The molecule has 120 valence electrons. The quantitative estimate of drug-likeness (QED) is 0.768. The lowest BCUT2D eigenvalue weighted by Crippen LogP contribution is -2.26. The molecule has 6 heteroatoms. The van der Waals surface area contributed by atoms with E-state index in [1.54, 1.807) is 60.7 Å². The van der Waals surface area contributed by atoms with E-state index in [2.05, 4.69) is 5.32 Å². The fourth-order valence-electron chi connectivity index (χ4n) is 2.29. The number of amides is 1. The van der Waals surface area contributed by atoms with Gasteiger partial charge in [-0.05, 0) is 30.3 Å². The third-order valence-corrected chi connectivity index (χ3v) is 3.83. The Morgan fingerprint density at radius 1 is 1.00 bits per heavy atom. The van der Waals surface area contributed by atoms with Crippen molar-refractivity contribution in [3.05, 3.63) is 87.8 Å². The largest absolute Gasteiger partial charge is 0.397 e. The molecule has 1 heterocycles. The number of carbonyl (C=O) groups excluding carboxylic acids is 1. The Morgan fingerprint density at radius 2 is 1.67 bits per heavy atom. The zero-order valence-electron chi connectivity index (χ0n) is 12.6. The van der Waals surface area contributed by atoms with Crippen LogP contribution in [-0.4, -0.2) is 10.5 Å². The molecule has 5 nitrogen and oxygen atoms in total. The van der Waals surface area contributed by atoms with Crippen LogP contribution < -0.4 is 16.6 Å². The third kappa shape index (κ3) is 3.02. The van der Waals surface area contributed by atoms with E-state index in [1.807, 2.05) is 0 Å². The number of hydrogen-bond donors (Lipinski definition) is 2. The first-order valence-corrected chi connectivity index (χ1v) is 7.58. The number of hydrogen-bond acceptors (Lipinski definition) is 3. The van der Waals surface area contributed by atoms with E-state index in [0.717, 1.165) is 0 Å². The van der Waals surface area contributed by atoms with Gasteiger partial charge in [-0.3, -0.25) is 14.2 Å². The van der Waals surface area contributed by atoms with Gasteiger partial charge < -0.3 is 11.1 Å². The Kier molecular flexibility index (Phi) is 4.35. The summed E-state index contributed by atoms with van der Waals surface area (Å²) in [7, 11) is 0. The topological polar surface area (TPSA) is 77.1 Å². The van der Waals surface area contributed by atoms with Crippen molar-refractivity contribution in [2.75, 3.05) is 11.1 Å². The van der Waals surface area contributed by atoms with E-state index in [9.17, 15) is 9.59 Å². The molecule has 24 heavy (non-hydrogen) atoms. The molecule has 1 amide bonds. The van der Waals surface area contributed by atoms with E-state index < -0.39 is 11.5 Å². The standard InChI is InChI=1S/C18H14ClN3O2/c19-13-8-4-5-9-15(13)22-11-10-14(20)16(18(22)24)21-17(23)12-6-2-1-3-7-12/h1-11H,20H2,(H,21,23). The van der Waals surface area contributed by atoms with Gasteiger partial charge >= 0.3 is 0 Å². The van der Waals surface area contributed by atoms with Gasteiger partial charge in [-0.15, -0.1) is 0 Å². The summed E-state index contributed by atoms with van der Waals surface area (Å²) in [5, 5.41) is 3.01.